The van der Waals surface area contributed by atoms with Crippen LogP contribution in [0.3, 0.4) is 0 Å². The van der Waals surface area contributed by atoms with Gasteiger partial charge in [-0.2, -0.15) is 14.6 Å². The lowest BCUT2D eigenvalue weighted by molar-refractivity contribution is -0.134. The second kappa shape index (κ2) is 11.9. The van der Waals surface area contributed by atoms with Crippen molar-refractivity contribution in [1.29, 1.82) is 0 Å². The number of nitrogens with two attached hydrogens (primary N) is 1. The van der Waals surface area contributed by atoms with Crippen LogP contribution < -0.4 is 15.4 Å². The maximum atomic E-state index is 14.4. The molecule has 0 radical (unpaired) electrons. The highest BCUT2D eigenvalue weighted by Gasteiger charge is 2.34. The number of methoxy groups -OCH3 is 1. The van der Waals surface area contributed by atoms with Crippen LogP contribution in [0.4, 0.5) is 11.6 Å². The Morgan fingerprint density at radius 3 is 2.58 bits per heavy atom. The van der Waals surface area contributed by atoms with Crippen molar-refractivity contribution in [2.24, 2.45) is 0 Å². The number of hydrogen-bond donors (Lipinski definition) is 1. The van der Waals surface area contributed by atoms with Crippen LogP contribution in [-0.4, -0.2) is 86.2 Å². The molecule has 0 saturated carbocycles. The zero-order valence-corrected chi connectivity index (χ0v) is 25.0. The van der Waals surface area contributed by atoms with Crippen molar-refractivity contribution in [3.05, 3.63) is 84.8 Å². The molecule has 1 fully saturated rings. The third-order valence-corrected chi connectivity index (χ3v) is 8.05. The van der Waals surface area contributed by atoms with Crippen molar-refractivity contribution in [3.63, 3.8) is 0 Å². The topological polar surface area (TPSA) is 142 Å². The number of aromatic nitrogens is 6. The normalized spacial score (nSPS) is 16.0. The predicted octanol–water partition coefficient (Wildman–Crippen LogP) is 3.67. The fourth-order valence-electron chi connectivity index (χ4n) is 5.84. The van der Waals surface area contributed by atoms with Gasteiger partial charge in [0, 0.05) is 38.5 Å². The molecule has 7 rings (SSSR count). The minimum Gasteiger partial charge on any atom is -0.491 e. The Bertz CT molecular complexity index is 1920. The van der Waals surface area contributed by atoms with E-state index in [0.29, 0.717) is 61.1 Å². The van der Waals surface area contributed by atoms with Crippen LogP contribution in [-0.2, 0) is 9.53 Å². The van der Waals surface area contributed by atoms with Crippen LogP contribution >= 0.6 is 0 Å². The van der Waals surface area contributed by atoms with E-state index < -0.39 is 6.04 Å². The first-order valence-corrected chi connectivity index (χ1v) is 14.8. The molecule has 13 nitrogen and oxygen atoms in total. The SMILES string of the molecule is COCCOc1ccc(N2CCN(C(=O)[C@@H](c3ccccc3)n3ncc4c3nc(N)n3nc(-c5ccco5)nc43)C[C@H]2C)cc1. The van der Waals surface area contributed by atoms with Gasteiger partial charge in [-0.05, 0) is 48.9 Å². The maximum Gasteiger partial charge on any atom is 0.252 e. The average Bonchev–Trinajstić information content (AvgIpc) is 3.83. The number of piperazine rings is 1. The molecular formula is C32H33N9O4. The van der Waals surface area contributed by atoms with Crippen LogP contribution in [0, 0.1) is 0 Å². The van der Waals surface area contributed by atoms with Gasteiger partial charge in [-0.1, -0.05) is 30.3 Å². The molecule has 13 heteroatoms. The molecule has 45 heavy (non-hydrogen) atoms. The van der Waals surface area contributed by atoms with E-state index in [1.165, 1.54) is 4.52 Å². The molecule has 4 aromatic heterocycles. The van der Waals surface area contributed by atoms with E-state index in [2.05, 4.69) is 44.1 Å². The molecule has 5 heterocycles. The van der Waals surface area contributed by atoms with Crippen molar-refractivity contribution >= 4 is 34.2 Å². The summed E-state index contributed by atoms with van der Waals surface area (Å²) in [6.45, 7) is 4.94. The highest BCUT2D eigenvalue weighted by atomic mass is 16.5. The summed E-state index contributed by atoms with van der Waals surface area (Å²) in [5.41, 5.74) is 9.17. The molecule has 230 valence electrons. The van der Waals surface area contributed by atoms with E-state index in [1.54, 1.807) is 36.4 Å². The number of furan rings is 1. The lowest BCUT2D eigenvalue weighted by atomic mass is 10.0. The van der Waals surface area contributed by atoms with E-state index in [1.807, 2.05) is 47.4 Å². The standard InChI is InChI=1S/C32H33N9O4/c1-21-20-38(14-15-39(21)23-10-12-24(13-11-23)44-18-17-43-2)31(42)27(22-7-4-3-5-8-22)40-30-25(19-34-40)29-35-28(26-9-6-16-45-26)37-41(29)32(33)36-30/h3-13,16,19,21,27H,14-15,17-18,20H2,1-2H3,(H2,33,36)/t21-,27-/m1/s1. The lowest BCUT2D eigenvalue weighted by Gasteiger charge is -2.42. The maximum absolute atomic E-state index is 14.4. The first-order valence-electron chi connectivity index (χ1n) is 14.8. The fraction of sp³-hybridized carbons (Fsp3) is 0.281. The molecular weight excluding hydrogens is 574 g/mol. The number of benzene rings is 2. The van der Waals surface area contributed by atoms with E-state index in [0.717, 1.165) is 17.0 Å². The molecule has 0 spiro atoms. The number of fused-ring (bicyclic) bond motifs is 3. The summed E-state index contributed by atoms with van der Waals surface area (Å²) in [4.78, 5) is 27.9. The van der Waals surface area contributed by atoms with E-state index in [9.17, 15) is 4.79 Å². The largest absolute Gasteiger partial charge is 0.491 e. The Balaban J connectivity index is 1.18. The summed E-state index contributed by atoms with van der Waals surface area (Å²) < 4.78 is 19.4. The van der Waals surface area contributed by atoms with Crippen LogP contribution in [0.2, 0.25) is 0 Å². The van der Waals surface area contributed by atoms with Gasteiger partial charge in [0.1, 0.15) is 12.4 Å². The minimum absolute atomic E-state index is 0.0717. The summed E-state index contributed by atoms with van der Waals surface area (Å²) in [5.74, 6) is 1.74. The molecule has 2 N–H and O–H groups in total. The van der Waals surface area contributed by atoms with Gasteiger partial charge in [-0.25, -0.2) is 9.67 Å². The average molecular weight is 608 g/mol. The van der Waals surface area contributed by atoms with Crippen LogP contribution in [0.1, 0.15) is 18.5 Å². The molecule has 1 amide bonds. The molecule has 1 aliphatic rings. The summed E-state index contributed by atoms with van der Waals surface area (Å²) in [5, 5.41) is 9.79. The number of nitrogens with zero attached hydrogens (tertiary/aromatic N) is 8. The van der Waals surface area contributed by atoms with E-state index >= 15 is 0 Å². The molecule has 0 unspecified atom stereocenters. The smallest absolute Gasteiger partial charge is 0.252 e. The summed E-state index contributed by atoms with van der Waals surface area (Å²) >= 11 is 0. The number of carbonyl (C=O) groups is 1. The fourth-order valence-corrected chi connectivity index (χ4v) is 5.84. The van der Waals surface area contributed by atoms with Gasteiger partial charge in [0.15, 0.2) is 23.1 Å². The summed E-state index contributed by atoms with van der Waals surface area (Å²) in [7, 11) is 1.65. The van der Waals surface area contributed by atoms with Crippen LogP contribution in [0.15, 0.2) is 83.6 Å². The summed E-state index contributed by atoms with van der Waals surface area (Å²) in [6.07, 6.45) is 3.22. The Labute approximate surface area is 258 Å². The lowest BCUT2D eigenvalue weighted by Crippen LogP contribution is -2.55. The van der Waals surface area contributed by atoms with Gasteiger partial charge in [0.25, 0.3) is 5.91 Å². The number of ether oxygens (including phenoxy) is 2. The third-order valence-electron chi connectivity index (χ3n) is 8.05. The second-order valence-electron chi connectivity index (χ2n) is 10.9. The molecule has 0 bridgehead atoms. The van der Waals surface area contributed by atoms with E-state index in [4.69, 9.17) is 19.6 Å². The quantitative estimate of drug-likeness (QED) is 0.242. The third kappa shape index (κ3) is 5.31. The minimum atomic E-state index is -0.757. The van der Waals surface area contributed by atoms with Crippen molar-refractivity contribution in [3.8, 4) is 17.3 Å². The molecule has 2 atom stereocenters. The highest BCUT2D eigenvalue weighted by molar-refractivity contribution is 5.92. The van der Waals surface area contributed by atoms with Crippen molar-refractivity contribution in [1.82, 2.24) is 34.3 Å². The van der Waals surface area contributed by atoms with Crippen molar-refractivity contribution < 1.29 is 18.7 Å². The van der Waals surface area contributed by atoms with Crippen LogP contribution in [0.5, 0.6) is 5.75 Å². The second-order valence-corrected chi connectivity index (χ2v) is 10.9. The first kappa shape index (κ1) is 28.3. The zero-order valence-electron chi connectivity index (χ0n) is 25.0. The highest BCUT2D eigenvalue weighted by Crippen LogP contribution is 2.30. The number of carbonyl (C=O) groups excluding carboxylic acids is 1. The molecule has 2 aromatic carbocycles. The number of anilines is 2. The van der Waals surface area contributed by atoms with E-state index in [-0.39, 0.29) is 17.9 Å². The first-order chi connectivity index (χ1) is 22.0. The van der Waals surface area contributed by atoms with Crippen molar-refractivity contribution in [2.45, 2.75) is 19.0 Å². The van der Waals surface area contributed by atoms with Gasteiger partial charge in [-0.3, -0.25) is 4.79 Å². The van der Waals surface area contributed by atoms with Crippen molar-refractivity contribution in [2.75, 3.05) is 50.6 Å². The number of nitrogen functional groups attached to an aromatic ring is 1. The predicted molar refractivity (Wildman–Crippen MR) is 168 cm³/mol. The Kier molecular flexibility index (Phi) is 7.51. The Hall–Kier alpha value is -5.43. The molecule has 1 saturated heterocycles. The van der Waals surface area contributed by atoms with Gasteiger partial charge in [0.2, 0.25) is 11.8 Å². The Morgan fingerprint density at radius 2 is 1.84 bits per heavy atom. The zero-order chi connectivity index (χ0) is 30.9. The van der Waals surface area contributed by atoms with Crippen LogP contribution in [0.25, 0.3) is 28.3 Å². The monoisotopic (exact) mass is 607 g/mol. The number of rotatable bonds is 9. The summed E-state index contributed by atoms with van der Waals surface area (Å²) in [6, 6.07) is 20.5. The van der Waals surface area contributed by atoms with Gasteiger partial charge in [0.05, 0.1) is 24.5 Å². The molecule has 0 aliphatic carbocycles. The van der Waals surface area contributed by atoms with Gasteiger partial charge in [-0.15, -0.1) is 5.10 Å². The molecule has 1 aliphatic heterocycles. The number of hydrogen-bond acceptors (Lipinski definition) is 10. The molecule has 6 aromatic rings. The Morgan fingerprint density at radius 1 is 1.02 bits per heavy atom. The number of amides is 1. The van der Waals surface area contributed by atoms with Gasteiger partial charge >= 0.3 is 0 Å². The van der Waals surface area contributed by atoms with Gasteiger partial charge < -0.3 is 29.4 Å².